The minimum atomic E-state index is -4.95. The predicted molar refractivity (Wildman–Crippen MR) is 123 cm³/mol. The maximum Gasteiger partial charge on any atom is 0.416 e. The van der Waals surface area contributed by atoms with Gasteiger partial charge in [-0.25, -0.2) is 16.8 Å². The van der Waals surface area contributed by atoms with Gasteiger partial charge in [-0.1, -0.05) is 0 Å². The molecule has 0 spiro atoms. The molecule has 0 fully saturated rings. The summed E-state index contributed by atoms with van der Waals surface area (Å²) >= 11 is 0. The van der Waals surface area contributed by atoms with Crippen molar-refractivity contribution < 1.29 is 39.5 Å². The van der Waals surface area contributed by atoms with E-state index < -0.39 is 58.7 Å². The maximum atomic E-state index is 13.6. The number of alkyl halides is 3. The number of methoxy groups -OCH3 is 1. The van der Waals surface area contributed by atoms with E-state index in [1.807, 2.05) is 0 Å². The van der Waals surface area contributed by atoms with Crippen LogP contribution in [0.4, 0.5) is 13.2 Å². The summed E-state index contributed by atoms with van der Waals surface area (Å²) in [6, 6.07) is 0.956. The van der Waals surface area contributed by atoms with Gasteiger partial charge in [-0.05, 0) is 51.3 Å². The Kier molecular flexibility index (Phi) is 7.92. The Hall–Kier alpha value is -2.45. The number of hydrogen-bond donors (Lipinski definition) is 0. The molecule has 0 N–H and O–H groups in total. The second kappa shape index (κ2) is 10.1. The average molecular weight is 552 g/mol. The molecule has 0 aliphatic heterocycles. The standard InChI is InChI=1S/C22H28F3N3O6S2/c1-14(2)35(30,31)16-10-15(22(23,24)25)11-17(12-16)36(32,33)27(3)19-6-5-7-20-18(19)13-26-28(20)9-8-21(29)34-4/h10-14,19H,5-9H2,1-4H3. The first kappa shape index (κ1) is 28.1. The van der Waals surface area contributed by atoms with Crippen molar-refractivity contribution in [2.45, 2.75) is 73.3 Å². The number of rotatable bonds is 8. The molecule has 1 aliphatic rings. The van der Waals surface area contributed by atoms with E-state index in [1.165, 1.54) is 34.2 Å². The lowest BCUT2D eigenvalue weighted by molar-refractivity contribution is -0.141. The highest BCUT2D eigenvalue weighted by Crippen LogP contribution is 2.39. The summed E-state index contributed by atoms with van der Waals surface area (Å²) in [5.74, 6) is -0.428. The SMILES string of the molecule is COC(=O)CCn1ncc2c1CCCC2N(C)S(=O)(=O)c1cc(C(F)(F)F)cc(S(=O)(=O)C(C)C)c1. The number of fused-ring (bicyclic) bond motifs is 1. The van der Waals surface area contributed by atoms with Gasteiger partial charge in [0.05, 0.1) is 52.9 Å². The highest BCUT2D eigenvalue weighted by Gasteiger charge is 2.38. The first-order valence-corrected chi connectivity index (χ1v) is 14.1. The molecule has 1 heterocycles. The molecular formula is C22H28F3N3O6S2. The fraction of sp³-hybridized carbons (Fsp3) is 0.545. The average Bonchev–Trinajstić information content (AvgIpc) is 3.24. The number of carbonyl (C=O) groups is 1. The van der Waals surface area contributed by atoms with E-state index in [1.54, 1.807) is 4.68 Å². The van der Waals surface area contributed by atoms with Gasteiger partial charge in [0.1, 0.15) is 0 Å². The van der Waals surface area contributed by atoms with E-state index in [2.05, 4.69) is 9.84 Å². The van der Waals surface area contributed by atoms with Crippen LogP contribution < -0.4 is 0 Å². The fourth-order valence-electron chi connectivity index (χ4n) is 4.12. The number of nitrogens with zero attached hydrogens (tertiary/aromatic N) is 3. The summed E-state index contributed by atoms with van der Waals surface area (Å²) in [5.41, 5.74) is -0.0559. The Bertz CT molecular complexity index is 1350. The normalized spacial score (nSPS) is 16.9. The van der Waals surface area contributed by atoms with Crippen molar-refractivity contribution in [1.29, 1.82) is 0 Å². The van der Waals surface area contributed by atoms with Gasteiger partial charge in [0.15, 0.2) is 9.84 Å². The number of aryl methyl sites for hydroxylation is 1. The van der Waals surface area contributed by atoms with Crippen LogP contribution in [0, 0.1) is 0 Å². The molecule has 1 aliphatic carbocycles. The summed E-state index contributed by atoms with van der Waals surface area (Å²) in [6.07, 6.45) is -1.84. The van der Waals surface area contributed by atoms with Crippen LogP contribution in [0.2, 0.25) is 0 Å². The molecule has 0 amide bonds. The second-order valence-electron chi connectivity index (χ2n) is 8.81. The van der Waals surface area contributed by atoms with E-state index in [0.29, 0.717) is 37.0 Å². The van der Waals surface area contributed by atoms with Gasteiger partial charge in [-0.2, -0.15) is 22.6 Å². The van der Waals surface area contributed by atoms with Crippen molar-refractivity contribution in [1.82, 2.24) is 14.1 Å². The van der Waals surface area contributed by atoms with Crippen LogP contribution in [0.5, 0.6) is 0 Å². The summed E-state index contributed by atoms with van der Waals surface area (Å²) in [7, 11) is -6.21. The molecule has 0 radical (unpaired) electrons. The Morgan fingerprint density at radius 3 is 2.42 bits per heavy atom. The third kappa shape index (κ3) is 5.44. The summed E-state index contributed by atoms with van der Waals surface area (Å²) < 4.78 is 100. The third-order valence-electron chi connectivity index (χ3n) is 6.26. The Morgan fingerprint density at radius 1 is 1.19 bits per heavy atom. The molecule has 1 aromatic heterocycles. The zero-order valence-electron chi connectivity index (χ0n) is 20.2. The van der Waals surface area contributed by atoms with Crippen molar-refractivity contribution >= 4 is 25.8 Å². The molecule has 2 aromatic rings. The molecule has 9 nitrogen and oxygen atoms in total. The number of aromatic nitrogens is 2. The quantitative estimate of drug-likeness (QED) is 0.462. The van der Waals surface area contributed by atoms with Crippen molar-refractivity contribution in [3.63, 3.8) is 0 Å². The second-order valence-corrected chi connectivity index (χ2v) is 13.3. The molecule has 1 unspecified atom stereocenters. The number of esters is 1. The zero-order chi connectivity index (χ0) is 27.1. The van der Waals surface area contributed by atoms with Crippen molar-refractivity contribution in [2.75, 3.05) is 14.2 Å². The number of sulfonamides is 1. The van der Waals surface area contributed by atoms with Gasteiger partial charge in [0.2, 0.25) is 10.0 Å². The predicted octanol–water partition coefficient (Wildman–Crippen LogP) is 3.35. The maximum absolute atomic E-state index is 13.6. The minimum Gasteiger partial charge on any atom is -0.469 e. The summed E-state index contributed by atoms with van der Waals surface area (Å²) in [4.78, 5) is 10.0. The van der Waals surface area contributed by atoms with Gasteiger partial charge in [-0.15, -0.1) is 0 Å². The summed E-state index contributed by atoms with van der Waals surface area (Å²) in [5, 5.41) is 3.21. The number of ether oxygens (including phenoxy) is 1. The Morgan fingerprint density at radius 2 is 1.83 bits per heavy atom. The summed E-state index contributed by atoms with van der Waals surface area (Å²) in [6.45, 7) is 2.84. The molecule has 36 heavy (non-hydrogen) atoms. The van der Waals surface area contributed by atoms with Crippen molar-refractivity contribution in [3.05, 3.63) is 41.2 Å². The van der Waals surface area contributed by atoms with Gasteiger partial charge >= 0.3 is 12.1 Å². The van der Waals surface area contributed by atoms with E-state index >= 15 is 0 Å². The Balaban J connectivity index is 2.04. The van der Waals surface area contributed by atoms with E-state index in [9.17, 15) is 34.8 Å². The molecular weight excluding hydrogens is 523 g/mol. The van der Waals surface area contributed by atoms with Crippen LogP contribution >= 0.6 is 0 Å². The zero-order valence-corrected chi connectivity index (χ0v) is 21.9. The molecule has 0 saturated carbocycles. The highest BCUT2D eigenvalue weighted by atomic mass is 32.2. The first-order chi connectivity index (χ1) is 16.6. The molecule has 0 bridgehead atoms. The van der Waals surface area contributed by atoms with Gasteiger partial charge < -0.3 is 4.74 Å². The molecule has 200 valence electrons. The number of sulfone groups is 1. The number of benzene rings is 1. The van der Waals surface area contributed by atoms with Crippen LogP contribution in [0.25, 0.3) is 0 Å². The van der Waals surface area contributed by atoms with Crippen LogP contribution in [0.15, 0.2) is 34.2 Å². The van der Waals surface area contributed by atoms with E-state index in [0.717, 1.165) is 16.1 Å². The van der Waals surface area contributed by atoms with Crippen molar-refractivity contribution in [2.24, 2.45) is 0 Å². The molecule has 1 atom stereocenters. The van der Waals surface area contributed by atoms with Crippen LogP contribution in [0.1, 0.15) is 56.0 Å². The molecule has 14 heteroatoms. The third-order valence-corrected chi connectivity index (χ3v) is 10.2. The first-order valence-electron chi connectivity index (χ1n) is 11.2. The Labute approximate surface area is 208 Å². The molecule has 0 saturated heterocycles. The topological polar surface area (TPSA) is 116 Å². The largest absolute Gasteiger partial charge is 0.469 e. The van der Waals surface area contributed by atoms with Gasteiger partial charge in [-0.3, -0.25) is 9.48 Å². The molecule has 1 aromatic carbocycles. The van der Waals surface area contributed by atoms with Gasteiger partial charge in [0.25, 0.3) is 0 Å². The monoisotopic (exact) mass is 551 g/mol. The number of halogens is 3. The molecule has 3 rings (SSSR count). The van der Waals surface area contributed by atoms with Gasteiger partial charge in [0, 0.05) is 18.3 Å². The lowest BCUT2D eigenvalue weighted by Gasteiger charge is -2.31. The van der Waals surface area contributed by atoms with Crippen LogP contribution in [-0.4, -0.2) is 56.3 Å². The highest BCUT2D eigenvalue weighted by molar-refractivity contribution is 7.92. The van der Waals surface area contributed by atoms with E-state index in [-0.39, 0.29) is 13.0 Å². The van der Waals surface area contributed by atoms with Crippen LogP contribution in [-0.2, 0) is 48.5 Å². The lowest BCUT2D eigenvalue weighted by Crippen LogP contribution is -2.33. The fourth-order valence-corrected chi connectivity index (χ4v) is 6.76. The lowest BCUT2D eigenvalue weighted by atomic mass is 9.93. The van der Waals surface area contributed by atoms with Crippen LogP contribution in [0.3, 0.4) is 0 Å². The minimum absolute atomic E-state index is 0.0702. The number of carbonyl (C=O) groups excluding carboxylic acids is 1. The van der Waals surface area contributed by atoms with Crippen molar-refractivity contribution in [3.8, 4) is 0 Å². The smallest absolute Gasteiger partial charge is 0.416 e. The number of hydrogen-bond acceptors (Lipinski definition) is 7. The van der Waals surface area contributed by atoms with E-state index in [4.69, 9.17) is 0 Å².